The van der Waals surface area contributed by atoms with E-state index in [2.05, 4.69) is 0 Å². The van der Waals surface area contributed by atoms with Crippen LogP contribution in [0, 0.1) is 17.6 Å². The van der Waals surface area contributed by atoms with Crippen molar-refractivity contribution in [2.24, 2.45) is 5.92 Å². The molecule has 0 bridgehead atoms. The molecule has 3 aliphatic rings. The number of para-hydroxylation sites is 1. The number of hydrogen-bond acceptors (Lipinski definition) is 4. The SMILES string of the molecule is O=C(O)COC(=O)N(C1CC1)C1c2ccccc2N(C(=O)c2cc(F)cc(F)c2)C2CCCC21. The number of carboxylic acid groups (broad SMARTS) is 1. The molecule has 1 N–H and O–H groups in total. The lowest BCUT2D eigenvalue weighted by Crippen LogP contribution is -2.53. The molecule has 0 saturated heterocycles. The Morgan fingerprint density at radius 3 is 2.41 bits per heavy atom. The van der Waals surface area contributed by atoms with Gasteiger partial charge in [-0.25, -0.2) is 18.4 Å². The summed E-state index contributed by atoms with van der Waals surface area (Å²) in [5.41, 5.74) is 1.26. The molecule has 2 saturated carbocycles. The highest BCUT2D eigenvalue weighted by Crippen LogP contribution is 2.52. The molecule has 0 radical (unpaired) electrons. The third-order valence-electron chi connectivity index (χ3n) is 6.88. The zero-order valence-corrected chi connectivity index (χ0v) is 18.3. The Balaban J connectivity index is 1.57. The van der Waals surface area contributed by atoms with Gasteiger partial charge in [0.25, 0.3) is 5.91 Å². The lowest BCUT2D eigenvalue weighted by molar-refractivity contribution is -0.140. The van der Waals surface area contributed by atoms with E-state index in [0.717, 1.165) is 49.4 Å². The largest absolute Gasteiger partial charge is 0.479 e. The number of halogens is 2. The smallest absolute Gasteiger partial charge is 0.411 e. The summed E-state index contributed by atoms with van der Waals surface area (Å²) in [5.74, 6) is -3.49. The summed E-state index contributed by atoms with van der Waals surface area (Å²) in [6.45, 7) is -0.722. The van der Waals surface area contributed by atoms with Gasteiger partial charge in [0.2, 0.25) is 0 Å². The molecule has 2 aliphatic carbocycles. The average molecular weight is 470 g/mol. The second-order valence-corrected chi connectivity index (χ2v) is 9.09. The van der Waals surface area contributed by atoms with Crippen LogP contribution in [0.4, 0.5) is 19.3 Å². The number of ether oxygens (including phenoxy) is 1. The number of hydrogen-bond donors (Lipinski definition) is 1. The Kier molecular flexibility index (Phi) is 5.71. The lowest BCUT2D eigenvalue weighted by atomic mass is 9.81. The summed E-state index contributed by atoms with van der Waals surface area (Å²) in [6, 6.07) is 9.30. The maximum atomic E-state index is 13.9. The third kappa shape index (κ3) is 3.99. The van der Waals surface area contributed by atoms with Crippen LogP contribution >= 0.6 is 0 Å². The van der Waals surface area contributed by atoms with Crippen LogP contribution in [0.1, 0.15) is 54.1 Å². The van der Waals surface area contributed by atoms with E-state index in [4.69, 9.17) is 9.84 Å². The van der Waals surface area contributed by atoms with Gasteiger partial charge >= 0.3 is 12.1 Å². The predicted octanol–water partition coefficient (Wildman–Crippen LogP) is 4.52. The quantitative estimate of drug-likeness (QED) is 0.694. The molecule has 3 unspecified atom stereocenters. The van der Waals surface area contributed by atoms with E-state index in [-0.39, 0.29) is 29.6 Å². The van der Waals surface area contributed by atoms with Gasteiger partial charge in [-0.3, -0.25) is 9.69 Å². The van der Waals surface area contributed by atoms with Crippen molar-refractivity contribution in [3.8, 4) is 0 Å². The number of anilines is 1. The van der Waals surface area contributed by atoms with E-state index in [0.29, 0.717) is 12.1 Å². The van der Waals surface area contributed by atoms with Gasteiger partial charge in [-0.2, -0.15) is 0 Å². The van der Waals surface area contributed by atoms with Crippen LogP contribution in [0.25, 0.3) is 0 Å². The molecule has 2 aromatic rings. The van der Waals surface area contributed by atoms with Gasteiger partial charge in [0.15, 0.2) is 6.61 Å². The molecule has 0 spiro atoms. The Bertz CT molecular complexity index is 1130. The molecule has 9 heteroatoms. The first-order chi connectivity index (χ1) is 16.3. The monoisotopic (exact) mass is 470 g/mol. The predicted molar refractivity (Wildman–Crippen MR) is 117 cm³/mol. The van der Waals surface area contributed by atoms with Crippen molar-refractivity contribution in [3.63, 3.8) is 0 Å². The minimum Gasteiger partial charge on any atom is -0.479 e. The van der Waals surface area contributed by atoms with E-state index in [1.54, 1.807) is 21.9 Å². The highest BCUT2D eigenvalue weighted by molar-refractivity contribution is 6.07. The van der Waals surface area contributed by atoms with Crippen LogP contribution in [-0.4, -0.2) is 46.7 Å². The Hall–Kier alpha value is -3.49. The molecular weight excluding hydrogens is 446 g/mol. The van der Waals surface area contributed by atoms with Crippen molar-refractivity contribution in [2.45, 2.75) is 50.2 Å². The van der Waals surface area contributed by atoms with Gasteiger partial charge in [0.05, 0.1) is 6.04 Å². The molecule has 5 rings (SSSR count). The summed E-state index contributed by atoms with van der Waals surface area (Å²) in [7, 11) is 0. The fourth-order valence-corrected chi connectivity index (χ4v) is 5.50. The second kappa shape index (κ2) is 8.70. The van der Waals surface area contributed by atoms with Crippen LogP contribution in [0.3, 0.4) is 0 Å². The molecule has 34 heavy (non-hydrogen) atoms. The van der Waals surface area contributed by atoms with Crippen LogP contribution in [0.5, 0.6) is 0 Å². The van der Waals surface area contributed by atoms with E-state index < -0.39 is 36.2 Å². The van der Waals surface area contributed by atoms with Crippen molar-refractivity contribution in [1.29, 1.82) is 0 Å². The number of carbonyl (C=O) groups excluding carboxylic acids is 2. The zero-order chi connectivity index (χ0) is 24.0. The van der Waals surface area contributed by atoms with Crippen molar-refractivity contribution in [2.75, 3.05) is 11.5 Å². The molecular formula is C25H24F2N2O5. The Labute approximate surface area is 194 Å². The fourth-order valence-electron chi connectivity index (χ4n) is 5.50. The molecule has 1 aliphatic heterocycles. The van der Waals surface area contributed by atoms with Crippen LogP contribution < -0.4 is 4.90 Å². The number of benzene rings is 2. The summed E-state index contributed by atoms with van der Waals surface area (Å²) >= 11 is 0. The standard InChI is InChI=1S/C25H24F2N2O5/c26-15-10-14(11-16(27)12-15)24(32)29-20-6-2-1-4-18(20)23(19-5-3-7-21(19)29)28(17-8-9-17)25(33)34-13-22(30)31/h1-2,4,6,10-12,17,19,21,23H,3,5,7-9,13H2,(H,30,31). The summed E-state index contributed by atoms with van der Waals surface area (Å²) in [4.78, 5) is 40.8. The second-order valence-electron chi connectivity index (χ2n) is 9.09. The number of aliphatic carboxylic acids is 1. The minimum absolute atomic E-state index is 0.0554. The van der Waals surface area contributed by atoms with E-state index >= 15 is 0 Å². The van der Waals surface area contributed by atoms with Gasteiger partial charge < -0.3 is 14.7 Å². The molecule has 2 aromatic carbocycles. The van der Waals surface area contributed by atoms with Gasteiger partial charge in [0.1, 0.15) is 11.6 Å². The third-order valence-corrected chi connectivity index (χ3v) is 6.88. The maximum Gasteiger partial charge on any atom is 0.411 e. The fraction of sp³-hybridized carbons (Fsp3) is 0.400. The Morgan fingerprint density at radius 1 is 1.03 bits per heavy atom. The molecule has 0 aromatic heterocycles. The highest BCUT2D eigenvalue weighted by atomic mass is 19.1. The van der Waals surface area contributed by atoms with Crippen LogP contribution in [0.15, 0.2) is 42.5 Å². The lowest BCUT2D eigenvalue weighted by Gasteiger charge is -2.47. The van der Waals surface area contributed by atoms with Crippen LogP contribution in [-0.2, 0) is 9.53 Å². The molecule has 2 amide bonds. The number of rotatable bonds is 5. The number of fused-ring (bicyclic) bond motifs is 2. The summed E-state index contributed by atoms with van der Waals surface area (Å²) < 4.78 is 32.9. The first-order valence-electron chi connectivity index (χ1n) is 11.4. The highest BCUT2D eigenvalue weighted by Gasteiger charge is 2.52. The van der Waals surface area contributed by atoms with E-state index in [9.17, 15) is 23.2 Å². The van der Waals surface area contributed by atoms with E-state index in [1.165, 1.54) is 0 Å². The van der Waals surface area contributed by atoms with E-state index in [1.807, 2.05) is 12.1 Å². The van der Waals surface area contributed by atoms with Crippen molar-refractivity contribution in [1.82, 2.24) is 4.90 Å². The number of carbonyl (C=O) groups is 3. The molecule has 3 atom stereocenters. The van der Waals surface area contributed by atoms with Gasteiger partial charge in [-0.05, 0) is 49.4 Å². The first kappa shape index (κ1) is 22.3. The first-order valence-corrected chi connectivity index (χ1v) is 11.4. The van der Waals surface area contributed by atoms with Crippen molar-refractivity contribution < 1.29 is 33.0 Å². The molecule has 1 heterocycles. The van der Waals surface area contributed by atoms with Gasteiger partial charge in [-0.1, -0.05) is 24.6 Å². The topological polar surface area (TPSA) is 87.2 Å². The number of carboxylic acids is 1. The summed E-state index contributed by atoms with van der Waals surface area (Å²) in [5, 5.41) is 8.97. The Morgan fingerprint density at radius 2 is 1.74 bits per heavy atom. The minimum atomic E-state index is -1.23. The number of nitrogens with zero attached hydrogens (tertiary/aromatic N) is 2. The normalized spacial score (nSPS) is 23.1. The van der Waals surface area contributed by atoms with Crippen molar-refractivity contribution in [3.05, 3.63) is 65.2 Å². The molecule has 7 nitrogen and oxygen atoms in total. The summed E-state index contributed by atoms with van der Waals surface area (Å²) in [6.07, 6.45) is 3.17. The number of amides is 2. The average Bonchev–Trinajstić information content (AvgIpc) is 3.52. The van der Waals surface area contributed by atoms with Crippen LogP contribution in [0.2, 0.25) is 0 Å². The molecule has 2 fully saturated rings. The van der Waals surface area contributed by atoms with Gasteiger partial charge in [0, 0.05) is 35.3 Å². The van der Waals surface area contributed by atoms with Crippen molar-refractivity contribution >= 4 is 23.7 Å². The molecule has 178 valence electrons. The van der Waals surface area contributed by atoms with Gasteiger partial charge in [-0.15, -0.1) is 0 Å². The maximum absolute atomic E-state index is 13.9. The zero-order valence-electron chi connectivity index (χ0n) is 18.3.